The van der Waals surface area contributed by atoms with Crippen LogP contribution in [0.5, 0.6) is 0 Å². The molecule has 6 heteroatoms. The van der Waals surface area contributed by atoms with Gasteiger partial charge in [0.25, 0.3) is 0 Å². The summed E-state index contributed by atoms with van der Waals surface area (Å²) in [7, 11) is 0. The smallest absolute Gasteiger partial charge is 0.222 e. The summed E-state index contributed by atoms with van der Waals surface area (Å²) in [4.78, 5) is 18.6. The molecule has 0 atom stereocenters. The number of likely N-dealkylation sites (tertiary alicyclic amines) is 1. The Kier molecular flexibility index (Phi) is 5.03. The Morgan fingerprint density at radius 3 is 2.61 bits per heavy atom. The van der Waals surface area contributed by atoms with Crippen LogP contribution in [-0.2, 0) is 4.79 Å². The number of nitrogens with one attached hydrogen (secondary N) is 1. The molecule has 0 bridgehead atoms. The number of rotatable bonds is 6. The van der Waals surface area contributed by atoms with Gasteiger partial charge in [0.2, 0.25) is 5.91 Å². The molecular formula is C22H27N5O. The Bertz CT molecular complexity index is 1010. The lowest BCUT2D eigenvalue weighted by Crippen LogP contribution is -2.27. The first-order valence-electron chi connectivity index (χ1n) is 10.00. The van der Waals surface area contributed by atoms with Gasteiger partial charge in [-0.3, -0.25) is 4.79 Å². The summed E-state index contributed by atoms with van der Waals surface area (Å²) >= 11 is 0. The number of carbonyl (C=O) groups is 1. The SMILES string of the molecule is Cc1nc2c(-c3ccccc3)c(C)nn2c(NCCCN2CCCC2=O)c1C. The third-order valence-corrected chi connectivity index (χ3v) is 5.55. The molecule has 0 unspecified atom stereocenters. The summed E-state index contributed by atoms with van der Waals surface area (Å²) in [5.41, 5.74) is 6.16. The van der Waals surface area contributed by atoms with E-state index >= 15 is 0 Å². The van der Waals surface area contributed by atoms with Crippen LogP contribution in [0.15, 0.2) is 30.3 Å². The van der Waals surface area contributed by atoms with Gasteiger partial charge in [-0.15, -0.1) is 0 Å². The largest absolute Gasteiger partial charge is 0.370 e. The third kappa shape index (κ3) is 3.35. The molecule has 4 rings (SSSR count). The van der Waals surface area contributed by atoms with E-state index in [4.69, 9.17) is 10.1 Å². The van der Waals surface area contributed by atoms with Crippen molar-refractivity contribution in [1.29, 1.82) is 0 Å². The fraction of sp³-hybridized carbons (Fsp3) is 0.409. The van der Waals surface area contributed by atoms with Crippen molar-refractivity contribution in [1.82, 2.24) is 19.5 Å². The molecule has 146 valence electrons. The summed E-state index contributed by atoms with van der Waals surface area (Å²) in [5, 5.41) is 8.34. The Balaban J connectivity index is 1.61. The van der Waals surface area contributed by atoms with Crippen LogP contribution < -0.4 is 5.32 Å². The van der Waals surface area contributed by atoms with E-state index in [1.54, 1.807) is 0 Å². The molecule has 0 spiro atoms. The van der Waals surface area contributed by atoms with Crippen LogP contribution in [0.4, 0.5) is 5.82 Å². The molecular weight excluding hydrogens is 350 g/mol. The molecule has 1 aliphatic rings. The summed E-state index contributed by atoms with van der Waals surface area (Å²) in [5.74, 6) is 1.27. The second-order valence-electron chi connectivity index (χ2n) is 7.50. The maximum Gasteiger partial charge on any atom is 0.222 e. The summed E-state index contributed by atoms with van der Waals surface area (Å²) in [6.07, 6.45) is 2.61. The Morgan fingerprint density at radius 2 is 1.89 bits per heavy atom. The van der Waals surface area contributed by atoms with E-state index in [2.05, 4.69) is 24.4 Å². The van der Waals surface area contributed by atoms with Gasteiger partial charge in [-0.1, -0.05) is 30.3 Å². The number of amides is 1. The number of carbonyl (C=O) groups excluding carboxylic acids is 1. The van der Waals surface area contributed by atoms with Crippen LogP contribution in [0, 0.1) is 20.8 Å². The lowest BCUT2D eigenvalue weighted by molar-refractivity contribution is -0.127. The first kappa shape index (κ1) is 18.5. The topological polar surface area (TPSA) is 62.5 Å². The van der Waals surface area contributed by atoms with Crippen molar-refractivity contribution in [2.75, 3.05) is 25.0 Å². The molecule has 1 aromatic carbocycles. The van der Waals surface area contributed by atoms with E-state index in [0.717, 1.165) is 72.0 Å². The van der Waals surface area contributed by atoms with E-state index in [-0.39, 0.29) is 5.91 Å². The molecule has 0 radical (unpaired) electrons. The number of aromatic nitrogens is 3. The molecule has 1 aliphatic heterocycles. The highest BCUT2D eigenvalue weighted by molar-refractivity contribution is 5.81. The highest BCUT2D eigenvalue weighted by atomic mass is 16.2. The molecule has 1 N–H and O–H groups in total. The minimum absolute atomic E-state index is 0.286. The van der Waals surface area contributed by atoms with Crippen molar-refractivity contribution in [3.05, 3.63) is 47.3 Å². The van der Waals surface area contributed by atoms with Crippen LogP contribution in [0.1, 0.15) is 36.2 Å². The molecule has 3 heterocycles. The van der Waals surface area contributed by atoms with Gasteiger partial charge in [-0.2, -0.15) is 9.61 Å². The standard InChI is InChI=1S/C22H27N5O/c1-15-16(2)24-22-20(18-9-5-4-6-10-18)17(3)25-27(22)21(15)23-12-8-14-26-13-7-11-19(26)28/h4-6,9-10,23H,7-8,11-14H2,1-3H3. The molecule has 0 saturated carbocycles. The van der Waals surface area contributed by atoms with Gasteiger partial charge in [-0.05, 0) is 39.2 Å². The van der Waals surface area contributed by atoms with Crippen LogP contribution in [0.25, 0.3) is 16.8 Å². The highest BCUT2D eigenvalue weighted by Crippen LogP contribution is 2.30. The lowest BCUT2D eigenvalue weighted by atomic mass is 10.1. The minimum Gasteiger partial charge on any atom is -0.370 e. The fourth-order valence-corrected chi connectivity index (χ4v) is 3.91. The van der Waals surface area contributed by atoms with E-state index in [1.165, 1.54) is 0 Å². The van der Waals surface area contributed by atoms with E-state index in [1.807, 2.05) is 41.5 Å². The molecule has 28 heavy (non-hydrogen) atoms. The maximum absolute atomic E-state index is 11.8. The molecule has 1 amide bonds. The zero-order valence-corrected chi connectivity index (χ0v) is 16.8. The van der Waals surface area contributed by atoms with Crippen molar-refractivity contribution in [2.45, 2.75) is 40.0 Å². The minimum atomic E-state index is 0.286. The summed E-state index contributed by atoms with van der Waals surface area (Å²) in [6.45, 7) is 8.65. The van der Waals surface area contributed by atoms with Crippen molar-refractivity contribution in [3.63, 3.8) is 0 Å². The number of hydrogen-bond acceptors (Lipinski definition) is 4. The molecule has 0 aliphatic carbocycles. The number of nitrogens with zero attached hydrogens (tertiary/aromatic N) is 4. The molecule has 3 aromatic rings. The Labute approximate surface area is 165 Å². The Hall–Kier alpha value is -2.89. The van der Waals surface area contributed by atoms with Gasteiger partial charge in [0, 0.05) is 42.9 Å². The zero-order chi connectivity index (χ0) is 19.7. The number of anilines is 1. The summed E-state index contributed by atoms with van der Waals surface area (Å²) in [6, 6.07) is 10.3. The second-order valence-corrected chi connectivity index (χ2v) is 7.50. The van der Waals surface area contributed by atoms with Crippen LogP contribution >= 0.6 is 0 Å². The third-order valence-electron chi connectivity index (χ3n) is 5.55. The number of aryl methyl sites for hydroxylation is 2. The summed E-state index contributed by atoms with van der Waals surface area (Å²) < 4.78 is 1.93. The van der Waals surface area contributed by atoms with Crippen molar-refractivity contribution < 1.29 is 4.79 Å². The monoisotopic (exact) mass is 377 g/mol. The highest BCUT2D eigenvalue weighted by Gasteiger charge is 2.20. The van der Waals surface area contributed by atoms with E-state index in [0.29, 0.717) is 6.42 Å². The average molecular weight is 377 g/mol. The Morgan fingerprint density at radius 1 is 1.11 bits per heavy atom. The van der Waals surface area contributed by atoms with Crippen molar-refractivity contribution >= 4 is 17.4 Å². The number of benzene rings is 1. The van der Waals surface area contributed by atoms with E-state index in [9.17, 15) is 4.79 Å². The molecule has 1 fully saturated rings. The van der Waals surface area contributed by atoms with Gasteiger partial charge in [0.1, 0.15) is 5.82 Å². The maximum atomic E-state index is 11.8. The van der Waals surface area contributed by atoms with Crippen molar-refractivity contribution in [3.8, 4) is 11.1 Å². The quantitative estimate of drug-likeness (QED) is 0.665. The predicted molar refractivity (Wildman–Crippen MR) is 112 cm³/mol. The van der Waals surface area contributed by atoms with Crippen LogP contribution in [-0.4, -0.2) is 45.0 Å². The van der Waals surface area contributed by atoms with E-state index < -0.39 is 0 Å². The van der Waals surface area contributed by atoms with Gasteiger partial charge >= 0.3 is 0 Å². The average Bonchev–Trinajstić information content (AvgIpc) is 3.24. The fourth-order valence-electron chi connectivity index (χ4n) is 3.91. The first-order valence-corrected chi connectivity index (χ1v) is 10.00. The van der Waals surface area contributed by atoms with Crippen LogP contribution in [0.2, 0.25) is 0 Å². The zero-order valence-electron chi connectivity index (χ0n) is 16.8. The van der Waals surface area contributed by atoms with Gasteiger partial charge in [-0.25, -0.2) is 4.98 Å². The first-order chi connectivity index (χ1) is 13.6. The second kappa shape index (κ2) is 7.62. The normalized spacial score (nSPS) is 14.2. The lowest BCUT2D eigenvalue weighted by Gasteiger charge is -2.17. The van der Waals surface area contributed by atoms with Gasteiger partial charge in [0.05, 0.1) is 5.69 Å². The van der Waals surface area contributed by atoms with Gasteiger partial charge in [0.15, 0.2) is 5.65 Å². The van der Waals surface area contributed by atoms with Crippen LogP contribution in [0.3, 0.4) is 0 Å². The number of fused-ring (bicyclic) bond motifs is 1. The van der Waals surface area contributed by atoms with Gasteiger partial charge < -0.3 is 10.2 Å². The predicted octanol–water partition coefficient (Wildman–Crippen LogP) is 3.75. The molecule has 2 aromatic heterocycles. The molecule has 6 nitrogen and oxygen atoms in total. The number of hydrogen-bond donors (Lipinski definition) is 1. The van der Waals surface area contributed by atoms with Crippen molar-refractivity contribution in [2.24, 2.45) is 0 Å². The molecule has 1 saturated heterocycles.